The van der Waals surface area contributed by atoms with Crippen LogP contribution in [0.3, 0.4) is 0 Å². The van der Waals surface area contributed by atoms with E-state index in [9.17, 15) is 9.18 Å². The van der Waals surface area contributed by atoms with Gasteiger partial charge in [-0.1, -0.05) is 12.1 Å². The Hall–Kier alpha value is -1.42. The summed E-state index contributed by atoms with van der Waals surface area (Å²) < 4.78 is 12.6. The van der Waals surface area contributed by atoms with E-state index in [4.69, 9.17) is 5.73 Å². The highest BCUT2D eigenvalue weighted by Gasteiger charge is 2.48. The van der Waals surface area contributed by atoms with Gasteiger partial charge in [-0.3, -0.25) is 4.79 Å². The van der Waals surface area contributed by atoms with Crippen molar-refractivity contribution in [1.29, 1.82) is 0 Å². The molecule has 0 radical (unpaired) electrons. The van der Waals surface area contributed by atoms with Gasteiger partial charge in [0.15, 0.2) is 0 Å². The first-order chi connectivity index (χ1) is 7.66. The molecule has 0 saturated heterocycles. The molecular weight excluding hydrogens is 207 g/mol. The number of hydrogen-bond acceptors (Lipinski definition) is 2. The summed E-state index contributed by atoms with van der Waals surface area (Å²) in [6.07, 6.45) is 1.75. The van der Waals surface area contributed by atoms with Crippen LogP contribution in [0.25, 0.3) is 0 Å². The van der Waals surface area contributed by atoms with Crippen molar-refractivity contribution in [3.8, 4) is 0 Å². The molecule has 1 aliphatic carbocycles. The van der Waals surface area contributed by atoms with Gasteiger partial charge in [0.1, 0.15) is 5.82 Å². The lowest BCUT2D eigenvalue weighted by atomic mass is 10.1. The fourth-order valence-corrected chi connectivity index (χ4v) is 1.65. The van der Waals surface area contributed by atoms with Gasteiger partial charge in [-0.15, -0.1) is 0 Å². The zero-order chi connectivity index (χ0) is 11.6. The van der Waals surface area contributed by atoms with Crippen molar-refractivity contribution in [1.82, 2.24) is 5.32 Å². The standard InChI is InChI=1S/C12H15FN2O/c13-10-3-1-9(2-4-10)7-15-11(16)12(8-14)5-6-12/h1-4H,5-8,14H2,(H,15,16). The fourth-order valence-electron chi connectivity index (χ4n) is 1.65. The van der Waals surface area contributed by atoms with Crippen molar-refractivity contribution in [2.45, 2.75) is 19.4 Å². The van der Waals surface area contributed by atoms with Gasteiger partial charge < -0.3 is 11.1 Å². The van der Waals surface area contributed by atoms with Crippen LogP contribution in [0.5, 0.6) is 0 Å². The molecule has 3 nitrogen and oxygen atoms in total. The Morgan fingerprint density at radius 2 is 2.00 bits per heavy atom. The summed E-state index contributed by atoms with van der Waals surface area (Å²) in [6.45, 7) is 0.836. The molecule has 4 heteroatoms. The average Bonchev–Trinajstić information content (AvgIpc) is 3.09. The number of nitrogens with one attached hydrogen (secondary N) is 1. The van der Waals surface area contributed by atoms with Crippen molar-refractivity contribution in [2.75, 3.05) is 6.54 Å². The lowest BCUT2D eigenvalue weighted by Gasteiger charge is -2.12. The van der Waals surface area contributed by atoms with Crippen molar-refractivity contribution in [3.63, 3.8) is 0 Å². The van der Waals surface area contributed by atoms with E-state index >= 15 is 0 Å². The monoisotopic (exact) mass is 222 g/mol. The highest BCUT2D eigenvalue weighted by Crippen LogP contribution is 2.44. The van der Waals surface area contributed by atoms with Crippen molar-refractivity contribution in [2.24, 2.45) is 11.1 Å². The lowest BCUT2D eigenvalue weighted by Crippen LogP contribution is -2.36. The number of rotatable bonds is 4. The lowest BCUT2D eigenvalue weighted by molar-refractivity contribution is -0.126. The minimum atomic E-state index is -0.319. The number of carbonyl (C=O) groups is 1. The Balaban J connectivity index is 1.88. The Morgan fingerprint density at radius 1 is 1.38 bits per heavy atom. The summed E-state index contributed by atoms with van der Waals surface area (Å²) in [5, 5.41) is 2.83. The van der Waals surface area contributed by atoms with Gasteiger partial charge in [-0.05, 0) is 30.5 Å². The van der Waals surface area contributed by atoms with Crippen molar-refractivity contribution >= 4 is 5.91 Å². The molecule has 0 aliphatic heterocycles. The first-order valence-electron chi connectivity index (χ1n) is 5.39. The molecule has 0 unspecified atom stereocenters. The summed E-state index contributed by atoms with van der Waals surface area (Å²) in [7, 11) is 0. The number of halogens is 1. The second-order valence-electron chi connectivity index (χ2n) is 4.29. The summed E-state index contributed by atoms with van der Waals surface area (Å²) in [5.41, 5.74) is 6.12. The molecule has 0 heterocycles. The molecule has 2 rings (SSSR count). The molecule has 1 amide bonds. The second kappa shape index (κ2) is 4.22. The van der Waals surface area contributed by atoms with E-state index < -0.39 is 0 Å². The number of benzene rings is 1. The summed E-state index contributed by atoms with van der Waals surface area (Å²) >= 11 is 0. The summed E-state index contributed by atoms with van der Waals surface area (Å²) in [4.78, 5) is 11.7. The first-order valence-corrected chi connectivity index (χ1v) is 5.39. The maximum atomic E-state index is 12.6. The van der Waals surface area contributed by atoms with Crippen LogP contribution in [0.15, 0.2) is 24.3 Å². The molecular formula is C12H15FN2O. The van der Waals surface area contributed by atoms with Gasteiger partial charge >= 0.3 is 0 Å². The van der Waals surface area contributed by atoms with E-state index in [-0.39, 0.29) is 17.1 Å². The smallest absolute Gasteiger partial charge is 0.227 e. The topological polar surface area (TPSA) is 55.1 Å². The molecule has 0 aromatic heterocycles. The molecule has 1 aliphatic rings. The summed E-state index contributed by atoms with van der Waals surface area (Å²) in [5.74, 6) is -0.255. The van der Waals surface area contributed by atoms with Gasteiger partial charge in [0.25, 0.3) is 0 Å². The summed E-state index contributed by atoms with van der Waals surface area (Å²) in [6, 6.07) is 6.10. The van der Waals surface area contributed by atoms with Crippen LogP contribution in [0.4, 0.5) is 4.39 Å². The molecule has 0 atom stereocenters. The highest BCUT2D eigenvalue weighted by atomic mass is 19.1. The zero-order valence-corrected chi connectivity index (χ0v) is 9.00. The third-order valence-corrected chi connectivity index (χ3v) is 3.09. The largest absolute Gasteiger partial charge is 0.352 e. The maximum absolute atomic E-state index is 12.6. The molecule has 1 aromatic rings. The van der Waals surface area contributed by atoms with Crippen LogP contribution in [0.2, 0.25) is 0 Å². The van der Waals surface area contributed by atoms with E-state index in [0.29, 0.717) is 13.1 Å². The van der Waals surface area contributed by atoms with Gasteiger partial charge in [0.05, 0.1) is 5.41 Å². The highest BCUT2D eigenvalue weighted by molar-refractivity contribution is 5.85. The number of hydrogen-bond donors (Lipinski definition) is 2. The van der Waals surface area contributed by atoms with Crippen LogP contribution in [-0.2, 0) is 11.3 Å². The van der Waals surface area contributed by atoms with Gasteiger partial charge in [-0.25, -0.2) is 4.39 Å². The molecule has 0 bridgehead atoms. The molecule has 0 spiro atoms. The Bertz CT molecular complexity index is 385. The Labute approximate surface area is 93.8 Å². The number of nitrogens with two attached hydrogens (primary N) is 1. The van der Waals surface area contributed by atoms with Crippen molar-refractivity contribution < 1.29 is 9.18 Å². The Kier molecular flexibility index (Phi) is 2.92. The van der Waals surface area contributed by atoms with Gasteiger partial charge in [0.2, 0.25) is 5.91 Å². The SMILES string of the molecule is NCC1(C(=O)NCc2ccc(F)cc2)CC1. The van der Waals surface area contributed by atoms with E-state index in [2.05, 4.69) is 5.32 Å². The third kappa shape index (κ3) is 2.22. The fraction of sp³-hybridized carbons (Fsp3) is 0.417. The molecule has 1 aromatic carbocycles. The molecule has 86 valence electrons. The zero-order valence-electron chi connectivity index (χ0n) is 9.00. The van der Waals surface area contributed by atoms with Crippen molar-refractivity contribution in [3.05, 3.63) is 35.6 Å². The molecule has 1 fully saturated rings. The Morgan fingerprint density at radius 3 is 2.50 bits per heavy atom. The third-order valence-electron chi connectivity index (χ3n) is 3.09. The van der Waals surface area contributed by atoms with E-state index in [1.54, 1.807) is 12.1 Å². The van der Waals surface area contributed by atoms with Crippen LogP contribution < -0.4 is 11.1 Å². The van der Waals surface area contributed by atoms with Gasteiger partial charge in [0, 0.05) is 13.1 Å². The molecule has 16 heavy (non-hydrogen) atoms. The average molecular weight is 222 g/mol. The van der Waals surface area contributed by atoms with E-state index in [0.717, 1.165) is 18.4 Å². The van der Waals surface area contributed by atoms with Crippen LogP contribution in [-0.4, -0.2) is 12.5 Å². The molecule has 3 N–H and O–H groups in total. The minimum Gasteiger partial charge on any atom is -0.352 e. The predicted octanol–water partition coefficient (Wildman–Crippen LogP) is 1.18. The number of amides is 1. The normalized spacial score (nSPS) is 16.9. The van der Waals surface area contributed by atoms with Crippen LogP contribution >= 0.6 is 0 Å². The predicted molar refractivity (Wildman–Crippen MR) is 59.0 cm³/mol. The van der Waals surface area contributed by atoms with Gasteiger partial charge in [-0.2, -0.15) is 0 Å². The quantitative estimate of drug-likeness (QED) is 0.803. The maximum Gasteiger partial charge on any atom is 0.227 e. The second-order valence-corrected chi connectivity index (χ2v) is 4.29. The minimum absolute atomic E-state index is 0.0133. The number of carbonyl (C=O) groups excluding carboxylic acids is 1. The van der Waals surface area contributed by atoms with Crippen LogP contribution in [0.1, 0.15) is 18.4 Å². The first kappa shape index (κ1) is 11.1. The van der Waals surface area contributed by atoms with Crippen LogP contribution in [0, 0.1) is 11.2 Å². The van der Waals surface area contributed by atoms with E-state index in [1.165, 1.54) is 12.1 Å². The van der Waals surface area contributed by atoms with E-state index in [1.807, 2.05) is 0 Å². The molecule has 1 saturated carbocycles.